The summed E-state index contributed by atoms with van der Waals surface area (Å²) < 4.78 is 0. The first-order valence-corrected chi connectivity index (χ1v) is 7.90. The molecule has 2 atom stereocenters. The fourth-order valence-corrected chi connectivity index (χ4v) is 3.31. The molecule has 0 radical (unpaired) electrons. The Labute approximate surface area is 127 Å². The van der Waals surface area contributed by atoms with Crippen molar-refractivity contribution < 1.29 is 0 Å². The molecular weight excluding hydrogens is 256 g/mol. The van der Waals surface area contributed by atoms with Gasteiger partial charge >= 0.3 is 0 Å². The largest absolute Gasteiger partial charge is 0.330 e. The first-order valence-electron chi connectivity index (χ1n) is 7.90. The Kier molecular flexibility index (Phi) is 4.69. The molecule has 1 fully saturated rings. The van der Waals surface area contributed by atoms with Crippen LogP contribution in [0.25, 0.3) is 0 Å². The van der Waals surface area contributed by atoms with Crippen molar-refractivity contribution in [3.8, 4) is 0 Å². The van der Waals surface area contributed by atoms with Gasteiger partial charge in [0.05, 0.1) is 0 Å². The highest BCUT2D eigenvalue weighted by atomic mass is 15.2. The van der Waals surface area contributed by atoms with Crippen LogP contribution in [0.1, 0.15) is 23.6 Å². The van der Waals surface area contributed by atoms with Gasteiger partial charge in [0.2, 0.25) is 0 Å². The summed E-state index contributed by atoms with van der Waals surface area (Å²) in [5.74, 6) is 0.659. The zero-order valence-electron chi connectivity index (χ0n) is 12.5. The minimum Gasteiger partial charge on any atom is -0.330 e. The smallest absolute Gasteiger partial charge is 0.0388 e. The Morgan fingerprint density at radius 3 is 2.29 bits per heavy atom. The summed E-state index contributed by atoms with van der Waals surface area (Å²) in [7, 11) is 0. The number of nitrogens with two attached hydrogens (primary N) is 1. The van der Waals surface area contributed by atoms with Crippen LogP contribution in [0.15, 0.2) is 60.7 Å². The van der Waals surface area contributed by atoms with Crippen LogP contribution in [-0.2, 0) is 6.42 Å². The van der Waals surface area contributed by atoms with Crippen molar-refractivity contribution in [3.05, 3.63) is 71.8 Å². The minimum absolute atomic E-state index is 0.463. The molecule has 0 aliphatic carbocycles. The summed E-state index contributed by atoms with van der Waals surface area (Å²) >= 11 is 0. The normalized spacial score (nSPS) is 20.5. The highest BCUT2D eigenvalue weighted by molar-refractivity contribution is 5.24. The third kappa shape index (κ3) is 3.52. The lowest BCUT2D eigenvalue weighted by Crippen LogP contribution is -2.29. The molecule has 0 amide bonds. The number of benzene rings is 2. The summed E-state index contributed by atoms with van der Waals surface area (Å²) in [6, 6.07) is 22.1. The molecule has 3 rings (SSSR count). The lowest BCUT2D eigenvalue weighted by molar-refractivity contribution is 0.235. The Hall–Kier alpha value is -1.64. The second kappa shape index (κ2) is 6.88. The van der Waals surface area contributed by atoms with Gasteiger partial charge in [-0.3, -0.25) is 4.90 Å². The van der Waals surface area contributed by atoms with Gasteiger partial charge in [0, 0.05) is 12.6 Å². The molecule has 0 bridgehead atoms. The molecule has 2 aromatic rings. The van der Waals surface area contributed by atoms with E-state index in [9.17, 15) is 0 Å². The van der Waals surface area contributed by atoms with E-state index < -0.39 is 0 Å². The van der Waals surface area contributed by atoms with Crippen molar-refractivity contribution in [1.82, 2.24) is 4.90 Å². The van der Waals surface area contributed by atoms with Crippen LogP contribution in [0.3, 0.4) is 0 Å². The van der Waals surface area contributed by atoms with Crippen LogP contribution < -0.4 is 5.73 Å². The predicted octanol–water partition coefficient (Wildman–Crippen LogP) is 3.25. The van der Waals surface area contributed by atoms with Gasteiger partial charge in [-0.15, -0.1) is 0 Å². The lowest BCUT2D eigenvalue weighted by atomic mass is 9.97. The number of hydrogen-bond donors (Lipinski definition) is 1. The molecule has 1 heterocycles. The molecule has 2 unspecified atom stereocenters. The Bertz CT molecular complexity index is 538. The maximum absolute atomic E-state index is 5.86. The topological polar surface area (TPSA) is 29.3 Å². The first kappa shape index (κ1) is 14.3. The highest BCUT2D eigenvalue weighted by Crippen LogP contribution is 2.30. The second-order valence-corrected chi connectivity index (χ2v) is 6.00. The molecule has 2 aromatic carbocycles. The molecule has 1 saturated heterocycles. The average molecular weight is 280 g/mol. The third-order valence-corrected chi connectivity index (χ3v) is 4.55. The maximum Gasteiger partial charge on any atom is 0.0388 e. The van der Waals surface area contributed by atoms with Crippen molar-refractivity contribution in [3.63, 3.8) is 0 Å². The van der Waals surface area contributed by atoms with E-state index in [1.807, 2.05) is 0 Å². The number of rotatable bonds is 5. The molecule has 0 aromatic heterocycles. The Balaban J connectivity index is 1.82. The Morgan fingerprint density at radius 2 is 1.67 bits per heavy atom. The quantitative estimate of drug-likeness (QED) is 0.911. The van der Waals surface area contributed by atoms with Gasteiger partial charge in [0.15, 0.2) is 0 Å². The van der Waals surface area contributed by atoms with E-state index in [2.05, 4.69) is 65.6 Å². The number of nitrogens with zero attached hydrogens (tertiary/aromatic N) is 1. The van der Waals surface area contributed by atoms with Crippen molar-refractivity contribution in [2.75, 3.05) is 19.6 Å². The van der Waals surface area contributed by atoms with Crippen LogP contribution >= 0.6 is 0 Å². The Morgan fingerprint density at radius 1 is 1.00 bits per heavy atom. The molecule has 2 N–H and O–H groups in total. The van der Waals surface area contributed by atoms with Crippen molar-refractivity contribution in [1.29, 1.82) is 0 Å². The number of hydrogen-bond acceptors (Lipinski definition) is 2. The van der Waals surface area contributed by atoms with E-state index in [4.69, 9.17) is 5.73 Å². The SMILES string of the molecule is NCC1CCN(C(Cc2ccccc2)c2ccccc2)C1. The van der Waals surface area contributed by atoms with Gasteiger partial charge in [-0.05, 0) is 43.0 Å². The van der Waals surface area contributed by atoms with E-state index in [0.29, 0.717) is 12.0 Å². The molecular formula is C19H24N2. The van der Waals surface area contributed by atoms with Gasteiger partial charge in [-0.2, -0.15) is 0 Å². The summed E-state index contributed by atoms with van der Waals surface area (Å²) in [5, 5.41) is 0. The van der Waals surface area contributed by atoms with Gasteiger partial charge in [-0.25, -0.2) is 0 Å². The fraction of sp³-hybridized carbons (Fsp3) is 0.368. The van der Waals surface area contributed by atoms with Gasteiger partial charge in [0.1, 0.15) is 0 Å². The first-order chi connectivity index (χ1) is 10.4. The summed E-state index contributed by atoms with van der Waals surface area (Å²) in [4.78, 5) is 2.61. The van der Waals surface area contributed by atoms with Crippen molar-refractivity contribution in [2.24, 2.45) is 11.7 Å². The molecule has 0 spiro atoms. The molecule has 21 heavy (non-hydrogen) atoms. The van der Waals surface area contributed by atoms with Crippen LogP contribution in [0.2, 0.25) is 0 Å². The predicted molar refractivity (Wildman–Crippen MR) is 88.1 cm³/mol. The second-order valence-electron chi connectivity index (χ2n) is 6.00. The van der Waals surface area contributed by atoms with Crippen LogP contribution in [0.5, 0.6) is 0 Å². The van der Waals surface area contributed by atoms with E-state index in [1.165, 1.54) is 17.5 Å². The van der Waals surface area contributed by atoms with E-state index in [-0.39, 0.29) is 0 Å². The zero-order chi connectivity index (χ0) is 14.5. The van der Waals surface area contributed by atoms with Gasteiger partial charge < -0.3 is 5.73 Å². The third-order valence-electron chi connectivity index (χ3n) is 4.55. The lowest BCUT2D eigenvalue weighted by Gasteiger charge is -2.28. The number of likely N-dealkylation sites (tertiary alicyclic amines) is 1. The summed E-state index contributed by atoms with van der Waals surface area (Å²) in [6.45, 7) is 3.10. The monoisotopic (exact) mass is 280 g/mol. The molecule has 110 valence electrons. The van der Waals surface area contributed by atoms with Crippen molar-refractivity contribution >= 4 is 0 Å². The standard InChI is InChI=1S/C19H24N2/c20-14-17-11-12-21(15-17)19(18-9-5-2-6-10-18)13-16-7-3-1-4-8-16/h1-10,17,19H,11-15,20H2. The van der Waals surface area contributed by atoms with Gasteiger partial charge in [-0.1, -0.05) is 60.7 Å². The van der Waals surface area contributed by atoms with Crippen LogP contribution in [-0.4, -0.2) is 24.5 Å². The zero-order valence-corrected chi connectivity index (χ0v) is 12.5. The highest BCUT2D eigenvalue weighted by Gasteiger charge is 2.28. The van der Waals surface area contributed by atoms with Crippen LogP contribution in [0, 0.1) is 5.92 Å². The molecule has 2 heteroatoms. The van der Waals surface area contributed by atoms with E-state index in [1.54, 1.807) is 0 Å². The molecule has 1 aliphatic rings. The molecule has 2 nitrogen and oxygen atoms in total. The van der Waals surface area contributed by atoms with Crippen molar-refractivity contribution in [2.45, 2.75) is 18.9 Å². The van der Waals surface area contributed by atoms with Gasteiger partial charge in [0.25, 0.3) is 0 Å². The minimum atomic E-state index is 0.463. The molecule has 0 saturated carbocycles. The maximum atomic E-state index is 5.86. The summed E-state index contributed by atoms with van der Waals surface area (Å²) in [5.41, 5.74) is 8.68. The van der Waals surface area contributed by atoms with Crippen LogP contribution in [0.4, 0.5) is 0 Å². The van der Waals surface area contributed by atoms with E-state index in [0.717, 1.165) is 26.1 Å². The summed E-state index contributed by atoms with van der Waals surface area (Å²) in [6.07, 6.45) is 2.30. The van der Waals surface area contributed by atoms with E-state index >= 15 is 0 Å². The fourth-order valence-electron chi connectivity index (χ4n) is 3.31. The molecule has 1 aliphatic heterocycles. The average Bonchev–Trinajstić information content (AvgIpc) is 3.03.